The van der Waals surface area contributed by atoms with Crippen LogP contribution < -0.4 is 5.32 Å². The molecule has 1 aliphatic rings. The van der Waals surface area contributed by atoms with E-state index in [9.17, 15) is 4.79 Å². The van der Waals surface area contributed by atoms with Crippen molar-refractivity contribution in [1.82, 2.24) is 9.88 Å². The Morgan fingerprint density at radius 3 is 3.06 bits per heavy atom. The van der Waals surface area contributed by atoms with Gasteiger partial charge in [-0.2, -0.15) is 0 Å². The van der Waals surface area contributed by atoms with E-state index in [1.54, 1.807) is 13.0 Å². The molecule has 1 heterocycles. The highest BCUT2D eigenvalue weighted by Gasteiger charge is 2.27. The molecule has 1 fully saturated rings. The van der Waals surface area contributed by atoms with Crippen LogP contribution in [-0.2, 0) is 0 Å². The third-order valence-electron chi connectivity index (χ3n) is 2.70. The lowest BCUT2D eigenvalue weighted by molar-refractivity contribution is 0.0945. The molecule has 1 saturated carbocycles. The van der Waals surface area contributed by atoms with Gasteiger partial charge in [-0.1, -0.05) is 11.6 Å². The Bertz CT molecular complexity index is 477. The van der Waals surface area contributed by atoms with Crippen molar-refractivity contribution in [3.05, 3.63) is 23.0 Å². The van der Waals surface area contributed by atoms with Crippen molar-refractivity contribution in [2.75, 3.05) is 6.54 Å². The van der Waals surface area contributed by atoms with Crippen LogP contribution in [0.15, 0.2) is 12.3 Å². The van der Waals surface area contributed by atoms with Crippen LogP contribution in [0.4, 0.5) is 0 Å². The normalized spacial score (nSPS) is 14.0. The van der Waals surface area contributed by atoms with Crippen LogP contribution in [0.3, 0.4) is 0 Å². The van der Waals surface area contributed by atoms with Gasteiger partial charge in [0.15, 0.2) is 0 Å². The topological polar surface area (TPSA) is 34.0 Å². The highest BCUT2D eigenvalue weighted by atomic mass is 35.5. The Balaban J connectivity index is 1.99. The predicted molar refractivity (Wildman–Crippen MR) is 68.1 cm³/mol. The Hall–Kier alpha value is -1.40. The fourth-order valence-corrected chi connectivity index (χ4v) is 1.95. The number of nitrogens with zero attached hydrogens (tertiary/aromatic N) is 1. The van der Waals surface area contributed by atoms with Gasteiger partial charge in [-0.3, -0.25) is 4.79 Å². The van der Waals surface area contributed by atoms with Gasteiger partial charge in [0.1, 0.15) is 5.69 Å². The Morgan fingerprint density at radius 1 is 1.65 bits per heavy atom. The second-order valence-electron chi connectivity index (χ2n) is 4.11. The second kappa shape index (κ2) is 5.29. The number of nitrogens with one attached hydrogen (secondary N) is 1. The molecule has 0 saturated heterocycles. The average Bonchev–Trinajstić information content (AvgIpc) is 3.08. The number of aromatic nitrogens is 1. The van der Waals surface area contributed by atoms with E-state index in [4.69, 9.17) is 11.6 Å². The summed E-state index contributed by atoms with van der Waals surface area (Å²) in [5.41, 5.74) is 0.655. The standard InChI is InChI=1S/C13H15ClN2O/c1-2-3-4-7-15-13(17)12-8-10(14)9-16(12)11-5-6-11/h8-9,11H,4-7H2,1H3,(H,15,17). The second-order valence-corrected chi connectivity index (χ2v) is 4.55. The predicted octanol–water partition coefficient (Wildman–Crippen LogP) is 2.62. The number of amides is 1. The van der Waals surface area contributed by atoms with Gasteiger partial charge in [0.25, 0.3) is 5.91 Å². The van der Waals surface area contributed by atoms with Crippen LogP contribution in [-0.4, -0.2) is 17.0 Å². The van der Waals surface area contributed by atoms with Crippen molar-refractivity contribution < 1.29 is 4.79 Å². The van der Waals surface area contributed by atoms with Gasteiger partial charge in [-0.25, -0.2) is 0 Å². The number of carbonyl (C=O) groups is 1. The van der Waals surface area contributed by atoms with E-state index in [0.717, 1.165) is 12.8 Å². The largest absolute Gasteiger partial charge is 0.350 e. The van der Waals surface area contributed by atoms with E-state index in [2.05, 4.69) is 17.2 Å². The van der Waals surface area contributed by atoms with E-state index in [1.165, 1.54) is 0 Å². The van der Waals surface area contributed by atoms with Gasteiger partial charge in [0.2, 0.25) is 0 Å². The Labute approximate surface area is 106 Å². The van der Waals surface area contributed by atoms with Gasteiger partial charge >= 0.3 is 0 Å². The first kappa shape index (κ1) is 12.1. The highest BCUT2D eigenvalue weighted by Crippen LogP contribution is 2.37. The molecule has 0 aromatic carbocycles. The summed E-state index contributed by atoms with van der Waals surface area (Å²) in [5.74, 6) is 5.64. The van der Waals surface area contributed by atoms with Crippen molar-refractivity contribution in [1.29, 1.82) is 0 Å². The summed E-state index contributed by atoms with van der Waals surface area (Å²) in [6.45, 7) is 2.37. The van der Waals surface area contributed by atoms with Gasteiger partial charge in [-0.05, 0) is 25.8 Å². The lowest BCUT2D eigenvalue weighted by Crippen LogP contribution is -2.26. The van der Waals surface area contributed by atoms with Crippen LogP contribution in [0, 0.1) is 11.8 Å². The molecule has 2 rings (SSSR count). The SMILES string of the molecule is CC#CCCNC(=O)c1cc(Cl)cn1C1CC1. The van der Waals surface area contributed by atoms with E-state index in [1.807, 2.05) is 10.8 Å². The maximum atomic E-state index is 11.9. The van der Waals surface area contributed by atoms with Crippen molar-refractivity contribution in [2.24, 2.45) is 0 Å². The highest BCUT2D eigenvalue weighted by molar-refractivity contribution is 6.31. The number of halogens is 1. The number of hydrogen-bond acceptors (Lipinski definition) is 1. The van der Waals surface area contributed by atoms with Crippen molar-refractivity contribution in [3.63, 3.8) is 0 Å². The third kappa shape index (κ3) is 3.04. The molecule has 90 valence electrons. The smallest absolute Gasteiger partial charge is 0.268 e. The molecule has 0 aliphatic heterocycles. The minimum absolute atomic E-state index is 0.0679. The summed E-state index contributed by atoms with van der Waals surface area (Å²) < 4.78 is 1.98. The molecule has 0 bridgehead atoms. The van der Waals surface area contributed by atoms with Gasteiger partial charge in [-0.15, -0.1) is 11.8 Å². The lowest BCUT2D eigenvalue weighted by Gasteiger charge is -2.07. The Kier molecular flexibility index (Phi) is 3.75. The van der Waals surface area contributed by atoms with E-state index >= 15 is 0 Å². The van der Waals surface area contributed by atoms with Crippen LogP contribution in [0.2, 0.25) is 5.02 Å². The van der Waals surface area contributed by atoms with E-state index in [-0.39, 0.29) is 5.91 Å². The molecule has 0 atom stereocenters. The summed E-state index contributed by atoms with van der Waals surface area (Å²) in [4.78, 5) is 11.9. The molecule has 4 heteroatoms. The fourth-order valence-electron chi connectivity index (χ4n) is 1.74. The van der Waals surface area contributed by atoms with E-state index in [0.29, 0.717) is 29.7 Å². The number of carbonyl (C=O) groups excluding carboxylic acids is 1. The maximum Gasteiger partial charge on any atom is 0.268 e. The van der Waals surface area contributed by atoms with Crippen LogP contribution in [0.25, 0.3) is 0 Å². The van der Waals surface area contributed by atoms with E-state index < -0.39 is 0 Å². The molecule has 3 nitrogen and oxygen atoms in total. The molecule has 1 amide bonds. The van der Waals surface area contributed by atoms with Crippen LogP contribution in [0.1, 0.15) is 42.7 Å². The molecular weight excluding hydrogens is 236 g/mol. The number of rotatable bonds is 4. The quantitative estimate of drug-likeness (QED) is 0.647. The molecular formula is C13H15ClN2O. The number of hydrogen-bond donors (Lipinski definition) is 1. The van der Waals surface area contributed by atoms with Crippen molar-refractivity contribution in [3.8, 4) is 11.8 Å². The van der Waals surface area contributed by atoms with Crippen molar-refractivity contribution >= 4 is 17.5 Å². The third-order valence-corrected chi connectivity index (χ3v) is 2.91. The molecule has 17 heavy (non-hydrogen) atoms. The lowest BCUT2D eigenvalue weighted by atomic mass is 10.3. The minimum Gasteiger partial charge on any atom is -0.350 e. The molecule has 0 radical (unpaired) electrons. The summed E-state index contributed by atoms with van der Waals surface area (Å²) in [6, 6.07) is 2.18. The average molecular weight is 251 g/mol. The zero-order valence-corrected chi connectivity index (χ0v) is 10.5. The first-order valence-electron chi connectivity index (χ1n) is 5.77. The van der Waals surface area contributed by atoms with Crippen LogP contribution >= 0.6 is 11.6 Å². The summed E-state index contributed by atoms with van der Waals surface area (Å²) in [7, 11) is 0. The maximum absolute atomic E-state index is 11.9. The van der Waals surface area contributed by atoms with Gasteiger partial charge in [0, 0.05) is 25.2 Å². The fraction of sp³-hybridized carbons (Fsp3) is 0.462. The van der Waals surface area contributed by atoms with Gasteiger partial charge < -0.3 is 9.88 Å². The summed E-state index contributed by atoms with van der Waals surface area (Å²) >= 11 is 5.94. The van der Waals surface area contributed by atoms with Gasteiger partial charge in [0.05, 0.1) is 5.02 Å². The Morgan fingerprint density at radius 2 is 2.41 bits per heavy atom. The summed E-state index contributed by atoms with van der Waals surface area (Å²) in [5, 5.41) is 3.47. The molecule has 1 aromatic rings. The first-order valence-corrected chi connectivity index (χ1v) is 6.15. The monoisotopic (exact) mass is 250 g/mol. The molecule has 1 aliphatic carbocycles. The summed E-state index contributed by atoms with van der Waals surface area (Å²) in [6.07, 6.45) is 4.78. The molecule has 1 N–H and O–H groups in total. The zero-order valence-electron chi connectivity index (χ0n) is 9.79. The zero-order chi connectivity index (χ0) is 12.3. The molecule has 0 spiro atoms. The molecule has 0 unspecified atom stereocenters. The first-order chi connectivity index (χ1) is 8.22. The van der Waals surface area contributed by atoms with Crippen LogP contribution in [0.5, 0.6) is 0 Å². The van der Waals surface area contributed by atoms with Crippen molar-refractivity contribution in [2.45, 2.75) is 32.2 Å². The minimum atomic E-state index is -0.0679. The molecule has 1 aromatic heterocycles.